The molecule has 1 heterocycles. The van der Waals surface area contributed by atoms with Crippen LogP contribution in [0.25, 0.3) is 11.0 Å². The molecule has 1 unspecified atom stereocenters. The van der Waals surface area contributed by atoms with E-state index < -0.39 is 11.6 Å². The van der Waals surface area contributed by atoms with Gasteiger partial charge in [-0.3, -0.25) is 0 Å². The molecule has 0 saturated heterocycles. The molecule has 106 valence electrons. The summed E-state index contributed by atoms with van der Waals surface area (Å²) < 4.78 is 27.1. The van der Waals surface area contributed by atoms with Crippen molar-refractivity contribution in [2.45, 2.75) is 25.2 Å². The Kier molecular flexibility index (Phi) is 2.77. The summed E-state index contributed by atoms with van der Waals surface area (Å²) in [5.41, 5.74) is 3.20. The SMILES string of the molecule is Fc1ccc2[nH]c(C3CCCc4ccccc43)nc2c1F. The fraction of sp³-hybridized carbons (Fsp3) is 0.235. The van der Waals surface area contributed by atoms with E-state index in [1.807, 2.05) is 12.1 Å². The second-order valence-corrected chi connectivity index (χ2v) is 5.52. The molecule has 1 aliphatic carbocycles. The second-order valence-electron chi connectivity index (χ2n) is 5.52. The van der Waals surface area contributed by atoms with Crippen LogP contribution in [0.5, 0.6) is 0 Å². The van der Waals surface area contributed by atoms with Gasteiger partial charge in [0.25, 0.3) is 0 Å². The minimum atomic E-state index is -0.876. The van der Waals surface area contributed by atoms with Crippen molar-refractivity contribution in [1.82, 2.24) is 9.97 Å². The molecule has 0 bridgehead atoms. The van der Waals surface area contributed by atoms with E-state index in [4.69, 9.17) is 0 Å². The van der Waals surface area contributed by atoms with Gasteiger partial charge in [-0.25, -0.2) is 13.8 Å². The number of nitrogens with one attached hydrogen (secondary N) is 1. The number of aromatic amines is 1. The summed E-state index contributed by atoms with van der Waals surface area (Å²) in [5, 5.41) is 0. The topological polar surface area (TPSA) is 28.7 Å². The highest BCUT2D eigenvalue weighted by Gasteiger charge is 2.25. The van der Waals surface area contributed by atoms with Crippen molar-refractivity contribution in [2.24, 2.45) is 0 Å². The molecule has 3 aromatic rings. The molecular formula is C17H14F2N2. The maximum absolute atomic E-state index is 13.8. The Morgan fingerprint density at radius 1 is 1.10 bits per heavy atom. The van der Waals surface area contributed by atoms with Gasteiger partial charge in [-0.2, -0.15) is 0 Å². The molecule has 2 aromatic carbocycles. The number of benzene rings is 2. The van der Waals surface area contributed by atoms with Gasteiger partial charge < -0.3 is 4.98 Å². The second kappa shape index (κ2) is 4.65. The highest BCUT2D eigenvalue weighted by Crippen LogP contribution is 2.36. The summed E-state index contributed by atoms with van der Waals surface area (Å²) >= 11 is 0. The molecule has 0 spiro atoms. The number of hydrogen-bond acceptors (Lipinski definition) is 1. The lowest BCUT2D eigenvalue weighted by atomic mass is 9.82. The first-order valence-corrected chi connectivity index (χ1v) is 7.15. The Labute approximate surface area is 120 Å². The fourth-order valence-corrected chi connectivity index (χ4v) is 3.24. The van der Waals surface area contributed by atoms with Crippen LogP contribution in [0.1, 0.15) is 35.7 Å². The van der Waals surface area contributed by atoms with E-state index >= 15 is 0 Å². The highest BCUT2D eigenvalue weighted by molar-refractivity contribution is 5.76. The van der Waals surface area contributed by atoms with Gasteiger partial charge >= 0.3 is 0 Å². The first-order valence-electron chi connectivity index (χ1n) is 7.15. The molecule has 2 nitrogen and oxygen atoms in total. The number of aryl methyl sites for hydroxylation is 1. The van der Waals surface area contributed by atoms with Crippen molar-refractivity contribution in [1.29, 1.82) is 0 Å². The van der Waals surface area contributed by atoms with Gasteiger partial charge in [0.2, 0.25) is 0 Å². The van der Waals surface area contributed by atoms with Gasteiger partial charge in [0.15, 0.2) is 11.6 Å². The molecular weight excluding hydrogens is 270 g/mol. The number of fused-ring (bicyclic) bond motifs is 2. The summed E-state index contributed by atoms with van der Waals surface area (Å²) in [5.74, 6) is -0.879. The van der Waals surface area contributed by atoms with Crippen LogP contribution >= 0.6 is 0 Å². The number of H-pyrrole nitrogens is 1. The van der Waals surface area contributed by atoms with E-state index in [-0.39, 0.29) is 11.4 Å². The molecule has 21 heavy (non-hydrogen) atoms. The summed E-state index contributed by atoms with van der Waals surface area (Å²) in [7, 11) is 0. The average Bonchev–Trinajstić information content (AvgIpc) is 2.95. The molecule has 0 amide bonds. The van der Waals surface area contributed by atoms with Gasteiger partial charge in [-0.05, 0) is 42.5 Å². The van der Waals surface area contributed by atoms with E-state index in [1.165, 1.54) is 11.1 Å². The van der Waals surface area contributed by atoms with Crippen molar-refractivity contribution in [3.63, 3.8) is 0 Å². The maximum Gasteiger partial charge on any atom is 0.186 e. The lowest BCUT2D eigenvalue weighted by Gasteiger charge is -2.23. The van der Waals surface area contributed by atoms with Crippen molar-refractivity contribution in [2.75, 3.05) is 0 Å². The Bertz CT molecular complexity index is 823. The Balaban J connectivity index is 1.86. The van der Waals surface area contributed by atoms with Crippen molar-refractivity contribution in [3.05, 3.63) is 65.0 Å². The largest absolute Gasteiger partial charge is 0.341 e. The molecule has 0 fully saturated rings. The number of imidazole rings is 1. The van der Waals surface area contributed by atoms with E-state index in [2.05, 4.69) is 22.1 Å². The zero-order valence-electron chi connectivity index (χ0n) is 11.4. The number of nitrogens with zero attached hydrogens (tertiary/aromatic N) is 1. The summed E-state index contributed by atoms with van der Waals surface area (Å²) in [6.45, 7) is 0. The molecule has 1 N–H and O–H groups in total. The summed E-state index contributed by atoms with van der Waals surface area (Å²) in [6, 6.07) is 11.0. The van der Waals surface area contributed by atoms with Crippen LogP contribution in [0.4, 0.5) is 8.78 Å². The Morgan fingerprint density at radius 2 is 1.95 bits per heavy atom. The quantitative estimate of drug-likeness (QED) is 0.708. The third-order valence-electron chi connectivity index (χ3n) is 4.26. The van der Waals surface area contributed by atoms with Gasteiger partial charge in [0, 0.05) is 5.92 Å². The predicted molar refractivity (Wildman–Crippen MR) is 77.2 cm³/mol. The fourth-order valence-electron chi connectivity index (χ4n) is 3.24. The molecule has 0 aliphatic heterocycles. The predicted octanol–water partition coefficient (Wildman–Crippen LogP) is 4.31. The van der Waals surface area contributed by atoms with E-state index in [0.29, 0.717) is 5.52 Å². The van der Waals surface area contributed by atoms with Crippen LogP contribution in [0, 0.1) is 11.6 Å². The summed E-state index contributed by atoms with van der Waals surface area (Å²) in [4.78, 5) is 7.48. The molecule has 4 heteroatoms. The van der Waals surface area contributed by atoms with Crippen LogP contribution in [0.15, 0.2) is 36.4 Å². The smallest absolute Gasteiger partial charge is 0.186 e. The first-order chi connectivity index (χ1) is 10.2. The van der Waals surface area contributed by atoms with Crippen LogP contribution < -0.4 is 0 Å². The summed E-state index contributed by atoms with van der Waals surface area (Å²) in [6.07, 6.45) is 3.12. The monoisotopic (exact) mass is 284 g/mol. The number of rotatable bonds is 1. The molecule has 4 rings (SSSR count). The Hall–Kier alpha value is -2.23. The maximum atomic E-state index is 13.8. The highest BCUT2D eigenvalue weighted by atomic mass is 19.2. The average molecular weight is 284 g/mol. The van der Waals surface area contributed by atoms with E-state index in [9.17, 15) is 8.78 Å². The van der Waals surface area contributed by atoms with Crippen LogP contribution in [0.3, 0.4) is 0 Å². The number of halogens is 2. The molecule has 0 radical (unpaired) electrons. The lowest BCUT2D eigenvalue weighted by Crippen LogP contribution is -2.12. The number of hydrogen-bond donors (Lipinski definition) is 1. The zero-order valence-corrected chi connectivity index (χ0v) is 11.4. The molecule has 1 atom stereocenters. The molecule has 1 aromatic heterocycles. The van der Waals surface area contributed by atoms with Crippen molar-refractivity contribution < 1.29 is 8.78 Å². The first kappa shape index (κ1) is 12.5. The van der Waals surface area contributed by atoms with E-state index in [0.717, 1.165) is 31.2 Å². The van der Waals surface area contributed by atoms with Crippen LogP contribution in [0.2, 0.25) is 0 Å². The van der Waals surface area contributed by atoms with Gasteiger partial charge in [-0.15, -0.1) is 0 Å². The normalized spacial score (nSPS) is 17.9. The van der Waals surface area contributed by atoms with Gasteiger partial charge in [-0.1, -0.05) is 24.3 Å². The van der Waals surface area contributed by atoms with Crippen molar-refractivity contribution >= 4 is 11.0 Å². The van der Waals surface area contributed by atoms with E-state index in [1.54, 1.807) is 6.07 Å². The molecule has 1 aliphatic rings. The van der Waals surface area contributed by atoms with Gasteiger partial charge in [0.1, 0.15) is 11.3 Å². The third-order valence-corrected chi connectivity index (χ3v) is 4.26. The zero-order chi connectivity index (χ0) is 14.4. The lowest BCUT2D eigenvalue weighted by molar-refractivity contribution is 0.515. The minimum Gasteiger partial charge on any atom is -0.341 e. The molecule has 0 saturated carbocycles. The third kappa shape index (κ3) is 1.94. The minimum absolute atomic E-state index is 0.0908. The van der Waals surface area contributed by atoms with Crippen LogP contribution in [-0.2, 0) is 6.42 Å². The van der Waals surface area contributed by atoms with Crippen LogP contribution in [-0.4, -0.2) is 9.97 Å². The van der Waals surface area contributed by atoms with Crippen molar-refractivity contribution in [3.8, 4) is 0 Å². The Morgan fingerprint density at radius 3 is 2.86 bits per heavy atom. The number of aromatic nitrogens is 2. The van der Waals surface area contributed by atoms with Gasteiger partial charge in [0.05, 0.1) is 5.52 Å². The standard InChI is InChI=1S/C17H14F2N2/c18-13-8-9-14-16(15(13)19)21-17(20-14)12-7-3-5-10-4-1-2-6-11(10)12/h1-2,4,6,8-9,12H,3,5,7H2,(H,20,21).